The van der Waals surface area contributed by atoms with E-state index in [2.05, 4.69) is 9.47 Å². The van der Waals surface area contributed by atoms with E-state index in [4.69, 9.17) is 5.73 Å². The van der Waals surface area contributed by atoms with Gasteiger partial charge in [0.1, 0.15) is 16.9 Å². The maximum atomic E-state index is 13.6. The van der Waals surface area contributed by atoms with E-state index in [1.54, 1.807) is 0 Å². The fourth-order valence-electron chi connectivity index (χ4n) is 2.60. The van der Waals surface area contributed by atoms with Crippen molar-refractivity contribution in [3.05, 3.63) is 39.7 Å². The predicted molar refractivity (Wildman–Crippen MR) is 82.0 cm³/mol. The smallest absolute Gasteiger partial charge is 0.478 e. The number of hydrogen-bond donors (Lipinski definition) is 4. The van der Waals surface area contributed by atoms with E-state index in [0.29, 0.717) is 0 Å². The van der Waals surface area contributed by atoms with Gasteiger partial charge in [-0.2, -0.15) is 17.6 Å². The van der Waals surface area contributed by atoms with Crippen molar-refractivity contribution in [2.45, 2.75) is 12.2 Å². The van der Waals surface area contributed by atoms with Crippen molar-refractivity contribution in [1.29, 1.82) is 0 Å². The number of para-hydroxylation sites is 1. The monoisotopic (exact) mass is 404 g/mol. The summed E-state index contributed by atoms with van der Waals surface area (Å²) in [7, 11) is 0. The molecule has 0 fully saturated rings. The maximum absolute atomic E-state index is 13.6. The molecule has 0 radical (unpaired) electrons. The normalized spacial score (nSPS) is 16.4. The largest absolute Gasteiger partial charge is 0.507 e. The Hall–Kier alpha value is -3.77. The van der Waals surface area contributed by atoms with E-state index in [9.17, 15) is 42.2 Å². The molecule has 0 amide bonds. The standard InChI is InChI=1S/C15H8F4N2O7/c16-14(17)15(18,19)28-9-4(2-1-3-5(9)27-14)6-7(12(23)24)10(20)21-11(22)8(6)13(25)26/h1-3H,(H,23,24)(H,25,26)(H3,20,21,22). The number of aromatic carboxylic acids is 2. The van der Waals surface area contributed by atoms with Crippen molar-refractivity contribution in [3.63, 3.8) is 0 Å². The Morgan fingerprint density at radius 2 is 1.57 bits per heavy atom. The van der Waals surface area contributed by atoms with Crippen LogP contribution in [0, 0.1) is 0 Å². The minimum absolute atomic E-state index is 0.722. The molecule has 0 unspecified atom stereocenters. The van der Waals surface area contributed by atoms with Gasteiger partial charge in [0.05, 0.1) is 0 Å². The lowest BCUT2D eigenvalue weighted by Crippen LogP contribution is -2.52. The molecule has 1 aromatic carbocycles. The van der Waals surface area contributed by atoms with Crippen LogP contribution in [0.15, 0.2) is 23.0 Å². The lowest BCUT2D eigenvalue weighted by atomic mass is 9.94. The predicted octanol–water partition coefficient (Wildman–Crippen LogP) is 1.98. The molecular weight excluding hydrogens is 396 g/mol. The average Bonchev–Trinajstić information content (AvgIpc) is 2.53. The van der Waals surface area contributed by atoms with Crippen molar-refractivity contribution in [2.75, 3.05) is 5.73 Å². The van der Waals surface area contributed by atoms with Crippen molar-refractivity contribution in [3.8, 4) is 22.6 Å². The summed E-state index contributed by atoms with van der Waals surface area (Å²) in [6.07, 6.45) is -10.2. The number of benzene rings is 1. The summed E-state index contributed by atoms with van der Waals surface area (Å²) >= 11 is 0. The number of alkyl halides is 4. The molecule has 28 heavy (non-hydrogen) atoms. The molecule has 0 atom stereocenters. The van der Waals surface area contributed by atoms with Gasteiger partial charge in [-0.1, -0.05) is 12.1 Å². The van der Waals surface area contributed by atoms with Crippen LogP contribution in [0.3, 0.4) is 0 Å². The summed E-state index contributed by atoms with van der Waals surface area (Å²) in [4.78, 5) is 36.9. The van der Waals surface area contributed by atoms with E-state index < -0.39 is 69.3 Å². The quantitative estimate of drug-likeness (QED) is 0.567. The van der Waals surface area contributed by atoms with Gasteiger partial charge in [-0.3, -0.25) is 4.79 Å². The molecule has 0 spiro atoms. The highest BCUT2D eigenvalue weighted by Gasteiger charge is 2.66. The van der Waals surface area contributed by atoms with Crippen molar-refractivity contribution >= 4 is 17.8 Å². The first-order chi connectivity index (χ1) is 12.9. The molecule has 1 aliphatic rings. The fourth-order valence-corrected chi connectivity index (χ4v) is 2.60. The van der Waals surface area contributed by atoms with E-state index in [1.807, 2.05) is 4.98 Å². The molecule has 0 aliphatic carbocycles. The zero-order valence-electron chi connectivity index (χ0n) is 13.3. The SMILES string of the molecule is Nc1[nH]c(=O)c(C(=O)O)c(-c2cccc3c2OC(F)(F)C(F)(F)O3)c1C(=O)O. The third-order valence-corrected chi connectivity index (χ3v) is 3.73. The molecule has 0 saturated carbocycles. The van der Waals surface area contributed by atoms with E-state index >= 15 is 0 Å². The molecule has 0 bridgehead atoms. The first-order valence-corrected chi connectivity index (χ1v) is 7.16. The molecule has 9 nitrogen and oxygen atoms in total. The molecule has 2 heterocycles. The molecule has 13 heteroatoms. The van der Waals surface area contributed by atoms with Gasteiger partial charge in [-0.25, -0.2) is 9.59 Å². The summed E-state index contributed by atoms with van der Waals surface area (Å²) in [5.41, 5.74) is 0.306. The Labute approximate surface area is 150 Å². The number of H-pyrrole nitrogens is 1. The van der Waals surface area contributed by atoms with E-state index in [-0.39, 0.29) is 0 Å². The average molecular weight is 404 g/mol. The van der Waals surface area contributed by atoms with Crippen LogP contribution in [0.25, 0.3) is 11.1 Å². The third-order valence-electron chi connectivity index (χ3n) is 3.73. The molecule has 1 aromatic heterocycles. The second-order valence-corrected chi connectivity index (χ2v) is 5.47. The van der Waals surface area contributed by atoms with Crippen molar-refractivity contribution in [2.24, 2.45) is 0 Å². The van der Waals surface area contributed by atoms with Gasteiger partial charge in [0, 0.05) is 11.1 Å². The minimum atomic E-state index is -5.17. The molecule has 3 rings (SSSR count). The van der Waals surface area contributed by atoms with Crippen LogP contribution in [-0.2, 0) is 0 Å². The molecular formula is C15H8F4N2O7. The number of halogens is 4. The Kier molecular flexibility index (Phi) is 3.98. The van der Waals surface area contributed by atoms with Gasteiger partial charge in [-0.15, -0.1) is 0 Å². The number of rotatable bonds is 3. The van der Waals surface area contributed by atoms with Gasteiger partial charge in [-0.05, 0) is 6.07 Å². The number of carboxylic acids is 2. The van der Waals surface area contributed by atoms with Gasteiger partial charge in [0.2, 0.25) is 0 Å². The number of nitrogen functional groups attached to an aromatic ring is 1. The van der Waals surface area contributed by atoms with Crippen LogP contribution in [0.1, 0.15) is 20.7 Å². The first kappa shape index (κ1) is 19.0. The summed E-state index contributed by atoms with van der Waals surface area (Å²) in [6.45, 7) is 0. The Morgan fingerprint density at radius 1 is 1.00 bits per heavy atom. The highest BCUT2D eigenvalue weighted by Crippen LogP contribution is 2.51. The number of aromatic amines is 1. The third kappa shape index (κ3) is 2.67. The number of nitrogens with two attached hydrogens (primary N) is 1. The van der Waals surface area contributed by atoms with Crippen LogP contribution >= 0.6 is 0 Å². The van der Waals surface area contributed by atoms with E-state index in [0.717, 1.165) is 18.2 Å². The molecule has 2 aromatic rings. The molecule has 5 N–H and O–H groups in total. The van der Waals surface area contributed by atoms with Crippen molar-refractivity contribution in [1.82, 2.24) is 4.98 Å². The second kappa shape index (κ2) is 5.87. The van der Waals surface area contributed by atoms with Crippen LogP contribution in [0.2, 0.25) is 0 Å². The Balaban J connectivity index is 2.44. The van der Waals surface area contributed by atoms with Gasteiger partial charge in [0.15, 0.2) is 11.5 Å². The fraction of sp³-hybridized carbons (Fsp3) is 0.133. The van der Waals surface area contributed by atoms with Crippen molar-refractivity contribution < 1.29 is 46.8 Å². The zero-order valence-corrected chi connectivity index (χ0v) is 13.3. The molecule has 0 saturated heterocycles. The van der Waals surface area contributed by atoms with Gasteiger partial charge in [0.25, 0.3) is 5.56 Å². The van der Waals surface area contributed by atoms with Gasteiger partial charge < -0.3 is 30.4 Å². The summed E-state index contributed by atoms with van der Waals surface area (Å²) in [5.74, 6) is -6.56. The summed E-state index contributed by atoms with van der Waals surface area (Å²) in [5, 5.41) is 18.7. The van der Waals surface area contributed by atoms with Crippen LogP contribution in [0.4, 0.5) is 23.4 Å². The molecule has 148 valence electrons. The van der Waals surface area contributed by atoms with E-state index in [1.165, 1.54) is 0 Å². The zero-order chi connectivity index (χ0) is 21.0. The Bertz CT molecular complexity index is 1080. The number of fused-ring (bicyclic) bond motifs is 1. The molecule has 1 aliphatic heterocycles. The first-order valence-electron chi connectivity index (χ1n) is 7.16. The van der Waals surface area contributed by atoms with Crippen LogP contribution in [0.5, 0.6) is 11.5 Å². The van der Waals surface area contributed by atoms with Gasteiger partial charge >= 0.3 is 24.2 Å². The summed E-state index contributed by atoms with van der Waals surface area (Å²) in [6, 6.07) is 2.67. The number of carboxylic acid groups (broad SMARTS) is 2. The number of pyridine rings is 1. The lowest BCUT2D eigenvalue weighted by Gasteiger charge is -2.33. The number of hydrogen-bond acceptors (Lipinski definition) is 6. The number of anilines is 1. The Morgan fingerprint density at radius 3 is 2.14 bits per heavy atom. The van der Waals surface area contributed by atoms with Crippen LogP contribution < -0.4 is 20.8 Å². The number of ether oxygens (including phenoxy) is 2. The minimum Gasteiger partial charge on any atom is -0.478 e. The second-order valence-electron chi connectivity index (χ2n) is 5.47. The number of nitrogens with one attached hydrogen (secondary N) is 1. The highest BCUT2D eigenvalue weighted by molar-refractivity contribution is 6.08. The maximum Gasteiger partial charge on any atom is 0.507 e. The van der Waals surface area contributed by atoms with Crippen LogP contribution in [-0.4, -0.2) is 39.4 Å². The summed E-state index contributed by atoms with van der Waals surface area (Å²) < 4.78 is 61.9. The number of carbonyl (C=O) groups is 2. The number of aromatic nitrogens is 1. The topological polar surface area (TPSA) is 152 Å². The lowest BCUT2D eigenvalue weighted by molar-refractivity contribution is -0.391. The highest BCUT2D eigenvalue weighted by atomic mass is 19.3.